The summed E-state index contributed by atoms with van der Waals surface area (Å²) < 4.78 is 23.0. The fourth-order valence-electron chi connectivity index (χ4n) is 2.28. The first-order valence-electron chi connectivity index (χ1n) is 7.70. The molecule has 10 heteroatoms. The Morgan fingerprint density at radius 2 is 1.63 bits per heavy atom. The van der Waals surface area contributed by atoms with E-state index in [1.807, 2.05) is 12.1 Å². The van der Waals surface area contributed by atoms with Gasteiger partial charge in [-0.25, -0.2) is 23.5 Å². The molecule has 0 radical (unpaired) electrons. The van der Waals surface area contributed by atoms with E-state index in [4.69, 9.17) is 28.3 Å². The molecule has 0 aliphatic heterocycles. The fraction of sp³-hybridized carbons (Fsp3) is 0.0588. The molecule has 0 atom stereocenters. The summed E-state index contributed by atoms with van der Waals surface area (Å²) in [6.45, 7) is 0.306. The van der Waals surface area contributed by atoms with E-state index >= 15 is 0 Å². The molecule has 0 bridgehead atoms. The lowest BCUT2D eigenvalue weighted by Crippen LogP contribution is -2.13. The van der Waals surface area contributed by atoms with Crippen LogP contribution in [0.2, 0.25) is 10.0 Å². The van der Waals surface area contributed by atoms with Crippen LogP contribution >= 0.6 is 23.2 Å². The van der Waals surface area contributed by atoms with Crippen LogP contribution in [0.4, 0.5) is 17.3 Å². The van der Waals surface area contributed by atoms with E-state index in [9.17, 15) is 8.42 Å². The van der Waals surface area contributed by atoms with Gasteiger partial charge in [-0.1, -0.05) is 23.2 Å². The van der Waals surface area contributed by atoms with Crippen molar-refractivity contribution in [1.82, 2.24) is 9.97 Å². The number of hydrogen-bond donors (Lipinski definition) is 3. The third-order valence-electron chi connectivity index (χ3n) is 3.52. The average molecular weight is 424 g/mol. The molecule has 4 N–H and O–H groups in total. The first-order chi connectivity index (χ1) is 12.8. The molecule has 140 valence electrons. The van der Waals surface area contributed by atoms with Crippen molar-refractivity contribution >= 4 is 50.5 Å². The van der Waals surface area contributed by atoms with Gasteiger partial charge in [-0.15, -0.1) is 0 Å². The van der Waals surface area contributed by atoms with E-state index in [0.29, 0.717) is 28.8 Å². The normalized spacial score (nSPS) is 11.2. The molecular formula is C17H15Cl2N5O2S. The summed E-state index contributed by atoms with van der Waals surface area (Å²) in [5.41, 5.74) is 1.48. The molecule has 0 aliphatic rings. The summed E-state index contributed by atoms with van der Waals surface area (Å²) in [5.74, 6) is 1.14. The lowest BCUT2D eigenvalue weighted by molar-refractivity contribution is 0.597. The number of rotatable bonds is 6. The molecule has 0 amide bonds. The number of benzene rings is 2. The standard InChI is InChI=1S/C17H15Cl2N5O2S/c18-12-1-3-14(4-2-12)24-17-8-16(22-10-23-17)21-9-11-5-13(19)7-15(6-11)27(20,25)26/h1-8,10H,9H2,(H2,20,25,26)(H2,21,22,23,24). The molecule has 0 saturated carbocycles. The lowest BCUT2D eigenvalue weighted by Gasteiger charge is -2.10. The summed E-state index contributed by atoms with van der Waals surface area (Å²) >= 11 is 11.8. The lowest BCUT2D eigenvalue weighted by atomic mass is 10.2. The minimum atomic E-state index is -3.83. The molecule has 1 aromatic heterocycles. The van der Waals surface area contributed by atoms with E-state index in [1.54, 1.807) is 24.3 Å². The third kappa shape index (κ3) is 5.54. The number of halogens is 2. The minimum Gasteiger partial charge on any atom is -0.366 e. The second-order valence-electron chi connectivity index (χ2n) is 5.61. The van der Waals surface area contributed by atoms with Crippen LogP contribution in [0.25, 0.3) is 0 Å². The van der Waals surface area contributed by atoms with Crippen molar-refractivity contribution in [2.24, 2.45) is 5.14 Å². The fourth-order valence-corrected chi connectivity index (χ4v) is 3.34. The van der Waals surface area contributed by atoms with Crippen LogP contribution in [0.15, 0.2) is 59.8 Å². The van der Waals surface area contributed by atoms with Gasteiger partial charge >= 0.3 is 0 Å². The van der Waals surface area contributed by atoms with Crippen molar-refractivity contribution in [2.75, 3.05) is 10.6 Å². The highest BCUT2D eigenvalue weighted by Gasteiger charge is 2.10. The Kier molecular flexibility index (Phi) is 5.81. The van der Waals surface area contributed by atoms with E-state index in [-0.39, 0.29) is 9.92 Å². The predicted molar refractivity (Wildman–Crippen MR) is 107 cm³/mol. The second kappa shape index (κ2) is 8.10. The summed E-state index contributed by atoms with van der Waals surface area (Å²) in [6.07, 6.45) is 1.41. The van der Waals surface area contributed by atoms with Crippen molar-refractivity contribution in [3.05, 3.63) is 70.5 Å². The van der Waals surface area contributed by atoms with Gasteiger partial charge < -0.3 is 10.6 Å². The molecule has 0 saturated heterocycles. The van der Waals surface area contributed by atoms with Gasteiger partial charge in [-0.3, -0.25) is 0 Å². The highest BCUT2D eigenvalue weighted by molar-refractivity contribution is 7.89. The Balaban J connectivity index is 1.72. The number of nitrogens with zero attached hydrogens (tertiary/aromatic N) is 2. The van der Waals surface area contributed by atoms with E-state index in [1.165, 1.54) is 18.5 Å². The predicted octanol–water partition coefficient (Wildman–Crippen LogP) is 3.79. The van der Waals surface area contributed by atoms with Crippen molar-refractivity contribution in [3.63, 3.8) is 0 Å². The highest BCUT2D eigenvalue weighted by atomic mass is 35.5. The largest absolute Gasteiger partial charge is 0.366 e. The van der Waals surface area contributed by atoms with Crippen molar-refractivity contribution < 1.29 is 8.42 Å². The maximum atomic E-state index is 11.5. The number of sulfonamides is 1. The number of nitrogens with one attached hydrogen (secondary N) is 2. The number of primary sulfonamides is 1. The van der Waals surface area contributed by atoms with E-state index in [2.05, 4.69) is 20.6 Å². The maximum Gasteiger partial charge on any atom is 0.238 e. The molecule has 0 aliphatic carbocycles. The molecule has 27 heavy (non-hydrogen) atoms. The molecule has 3 rings (SSSR count). The molecule has 0 unspecified atom stereocenters. The van der Waals surface area contributed by atoms with Crippen molar-refractivity contribution in [2.45, 2.75) is 11.4 Å². The zero-order valence-electron chi connectivity index (χ0n) is 13.9. The van der Waals surface area contributed by atoms with Gasteiger partial charge in [-0.2, -0.15) is 0 Å². The Bertz CT molecular complexity index is 1060. The Hall–Kier alpha value is -2.39. The molecule has 0 spiro atoms. The second-order valence-corrected chi connectivity index (χ2v) is 8.05. The first kappa shape index (κ1) is 19.4. The van der Waals surface area contributed by atoms with Gasteiger partial charge in [0.15, 0.2) is 0 Å². The third-order valence-corrected chi connectivity index (χ3v) is 4.88. The van der Waals surface area contributed by atoms with Gasteiger partial charge in [0, 0.05) is 28.3 Å². The van der Waals surface area contributed by atoms with Crippen LogP contribution in [0.5, 0.6) is 0 Å². The molecule has 7 nitrogen and oxygen atoms in total. The van der Waals surface area contributed by atoms with Gasteiger partial charge in [0.2, 0.25) is 10.0 Å². The SMILES string of the molecule is NS(=O)(=O)c1cc(Cl)cc(CNc2cc(Nc3ccc(Cl)cc3)ncn2)c1. The van der Waals surface area contributed by atoms with Crippen LogP contribution < -0.4 is 15.8 Å². The quantitative estimate of drug-likeness (QED) is 0.556. The van der Waals surface area contributed by atoms with E-state index < -0.39 is 10.0 Å². The molecular weight excluding hydrogens is 409 g/mol. The summed E-state index contributed by atoms with van der Waals surface area (Å²) in [4.78, 5) is 8.26. The Labute approximate surface area is 166 Å². The van der Waals surface area contributed by atoms with Crippen LogP contribution in [0.3, 0.4) is 0 Å². The van der Waals surface area contributed by atoms with Gasteiger partial charge in [-0.05, 0) is 48.0 Å². The van der Waals surface area contributed by atoms with Gasteiger partial charge in [0.05, 0.1) is 4.90 Å². The van der Waals surface area contributed by atoms with Crippen LogP contribution in [-0.4, -0.2) is 18.4 Å². The van der Waals surface area contributed by atoms with Crippen LogP contribution in [0.1, 0.15) is 5.56 Å². The Morgan fingerprint density at radius 3 is 2.33 bits per heavy atom. The van der Waals surface area contributed by atoms with Crippen molar-refractivity contribution in [3.8, 4) is 0 Å². The number of aromatic nitrogens is 2. The van der Waals surface area contributed by atoms with Crippen LogP contribution in [0, 0.1) is 0 Å². The van der Waals surface area contributed by atoms with Gasteiger partial charge in [0.25, 0.3) is 0 Å². The van der Waals surface area contributed by atoms with Crippen molar-refractivity contribution in [1.29, 1.82) is 0 Å². The van der Waals surface area contributed by atoms with Crippen LogP contribution in [-0.2, 0) is 16.6 Å². The average Bonchev–Trinajstić information content (AvgIpc) is 2.61. The monoisotopic (exact) mass is 423 g/mol. The minimum absolute atomic E-state index is 0.0421. The molecule has 2 aromatic carbocycles. The highest BCUT2D eigenvalue weighted by Crippen LogP contribution is 2.21. The molecule has 1 heterocycles. The molecule has 0 fully saturated rings. The maximum absolute atomic E-state index is 11.5. The summed E-state index contributed by atoms with van der Waals surface area (Å²) in [5, 5.41) is 12.3. The van der Waals surface area contributed by atoms with Gasteiger partial charge in [0.1, 0.15) is 18.0 Å². The topological polar surface area (TPSA) is 110 Å². The summed E-state index contributed by atoms with van der Waals surface area (Å²) in [7, 11) is -3.83. The smallest absolute Gasteiger partial charge is 0.238 e. The Morgan fingerprint density at radius 1 is 0.926 bits per heavy atom. The van der Waals surface area contributed by atoms with E-state index in [0.717, 1.165) is 5.69 Å². The zero-order valence-corrected chi connectivity index (χ0v) is 16.2. The molecule has 3 aromatic rings. The zero-order chi connectivity index (χ0) is 19.4. The number of nitrogens with two attached hydrogens (primary N) is 1. The number of anilines is 3. The summed E-state index contributed by atoms with van der Waals surface area (Å²) in [6, 6.07) is 13.3. The first-order valence-corrected chi connectivity index (χ1v) is 10.0. The number of hydrogen-bond acceptors (Lipinski definition) is 6.